The van der Waals surface area contributed by atoms with Gasteiger partial charge in [-0.05, 0) is 60.0 Å². The van der Waals surface area contributed by atoms with E-state index in [1.54, 1.807) is 50.4 Å². The Hall–Kier alpha value is -3.42. The molecule has 0 saturated heterocycles. The predicted molar refractivity (Wildman–Crippen MR) is 141 cm³/mol. The number of hydrogen-bond acceptors (Lipinski definition) is 5. The zero-order valence-corrected chi connectivity index (χ0v) is 21.2. The van der Waals surface area contributed by atoms with E-state index in [0.29, 0.717) is 45.6 Å². The van der Waals surface area contributed by atoms with Crippen LogP contribution in [0.1, 0.15) is 21.5 Å². The van der Waals surface area contributed by atoms with Crippen molar-refractivity contribution < 1.29 is 19.1 Å². The molecule has 6 nitrogen and oxygen atoms in total. The van der Waals surface area contributed by atoms with Crippen molar-refractivity contribution in [2.75, 3.05) is 32.7 Å². The van der Waals surface area contributed by atoms with Gasteiger partial charge in [-0.1, -0.05) is 47.6 Å². The van der Waals surface area contributed by atoms with Gasteiger partial charge in [0, 0.05) is 29.1 Å². The van der Waals surface area contributed by atoms with E-state index in [1.165, 1.54) is 11.8 Å². The Morgan fingerprint density at radius 3 is 2.57 bits per heavy atom. The maximum atomic E-state index is 13.0. The van der Waals surface area contributed by atoms with Gasteiger partial charge in [0.2, 0.25) is 0 Å². The standard InChI is InChI=1S/C27H25ClN2O4S/c1-30-21-15-19(26(31)29-13-12-17-8-10-22(33-2)23(14-17)34-3)9-11-24(21)35-25(27(30)32)16-18-6-4-5-7-20(18)28/h4-11,14-16H,12-13H2,1-3H3,(H,29,31). The summed E-state index contributed by atoms with van der Waals surface area (Å²) in [5.74, 6) is 0.972. The minimum Gasteiger partial charge on any atom is -0.493 e. The quantitative estimate of drug-likeness (QED) is 0.430. The van der Waals surface area contributed by atoms with Crippen molar-refractivity contribution in [2.24, 2.45) is 0 Å². The topological polar surface area (TPSA) is 67.9 Å². The number of rotatable bonds is 7. The van der Waals surface area contributed by atoms with Crippen LogP contribution in [0, 0.1) is 0 Å². The summed E-state index contributed by atoms with van der Waals surface area (Å²) in [5, 5.41) is 3.53. The first-order valence-electron chi connectivity index (χ1n) is 11.0. The van der Waals surface area contributed by atoms with E-state index in [9.17, 15) is 9.59 Å². The summed E-state index contributed by atoms with van der Waals surface area (Å²) in [6.07, 6.45) is 2.44. The Morgan fingerprint density at radius 1 is 1.06 bits per heavy atom. The molecular formula is C27H25ClN2O4S. The van der Waals surface area contributed by atoms with Crippen molar-refractivity contribution in [3.63, 3.8) is 0 Å². The zero-order valence-electron chi connectivity index (χ0n) is 19.6. The predicted octanol–water partition coefficient (Wildman–Crippen LogP) is 5.44. The first-order valence-corrected chi connectivity index (χ1v) is 12.2. The highest BCUT2D eigenvalue weighted by Gasteiger charge is 2.27. The average molecular weight is 509 g/mol. The van der Waals surface area contributed by atoms with E-state index < -0.39 is 0 Å². The molecule has 0 atom stereocenters. The Labute approximate surface area is 213 Å². The summed E-state index contributed by atoms with van der Waals surface area (Å²) < 4.78 is 10.6. The van der Waals surface area contributed by atoms with Crippen molar-refractivity contribution in [3.05, 3.63) is 87.3 Å². The molecular weight excluding hydrogens is 484 g/mol. The number of nitrogens with one attached hydrogen (secondary N) is 1. The molecule has 1 N–H and O–H groups in total. The number of nitrogens with zero attached hydrogens (tertiary/aromatic N) is 1. The number of benzene rings is 3. The van der Waals surface area contributed by atoms with Crippen LogP contribution in [-0.4, -0.2) is 39.6 Å². The second-order valence-corrected chi connectivity index (χ2v) is 9.37. The maximum Gasteiger partial charge on any atom is 0.264 e. The van der Waals surface area contributed by atoms with Crippen molar-refractivity contribution >= 4 is 46.9 Å². The summed E-state index contributed by atoms with van der Waals surface area (Å²) in [7, 11) is 4.89. The van der Waals surface area contributed by atoms with Gasteiger partial charge in [0.05, 0.1) is 24.8 Å². The average Bonchev–Trinajstić information content (AvgIpc) is 2.88. The van der Waals surface area contributed by atoms with Gasteiger partial charge in [-0.3, -0.25) is 9.59 Å². The van der Waals surface area contributed by atoms with Crippen LogP contribution in [0.2, 0.25) is 5.02 Å². The number of methoxy groups -OCH3 is 2. The number of halogens is 1. The minimum absolute atomic E-state index is 0.145. The summed E-state index contributed by atoms with van der Waals surface area (Å²) in [6, 6.07) is 18.5. The first-order chi connectivity index (χ1) is 16.9. The van der Waals surface area contributed by atoms with Crippen LogP contribution in [0.5, 0.6) is 11.5 Å². The van der Waals surface area contributed by atoms with E-state index in [-0.39, 0.29) is 11.8 Å². The molecule has 0 radical (unpaired) electrons. The zero-order chi connectivity index (χ0) is 24.9. The second kappa shape index (κ2) is 10.9. The lowest BCUT2D eigenvalue weighted by molar-refractivity contribution is -0.114. The van der Waals surface area contributed by atoms with Gasteiger partial charge in [-0.2, -0.15) is 0 Å². The molecule has 180 valence electrons. The fraction of sp³-hybridized carbons (Fsp3) is 0.185. The molecule has 0 aromatic heterocycles. The number of hydrogen-bond donors (Lipinski definition) is 1. The third kappa shape index (κ3) is 5.47. The highest BCUT2D eigenvalue weighted by molar-refractivity contribution is 8.04. The number of likely N-dealkylation sites (N-methyl/N-ethyl adjacent to an activating group) is 1. The molecule has 3 aromatic carbocycles. The Balaban J connectivity index is 1.45. The molecule has 0 spiro atoms. The van der Waals surface area contributed by atoms with Crippen molar-refractivity contribution in [2.45, 2.75) is 11.3 Å². The number of carbonyl (C=O) groups excluding carboxylic acids is 2. The highest BCUT2D eigenvalue weighted by atomic mass is 35.5. The molecule has 1 aliphatic heterocycles. The summed E-state index contributed by atoms with van der Waals surface area (Å²) in [5.41, 5.74) is 3.00. The van der Waals surface area contributed by atoms with E-state index in [0.717, 1.165) is 16.0 Å². The molecule has 4 rings (SSSR count). The molecule has 0 aliphatic carbocycles. The van der Waals surface area contributed by atoms with Gasteiger partial charge in [0.25, 0.3) is 11.8 Å². The molecule has 1 aliphatic rings. The van der Waals surface area contributed by atoms with Crippen LogP contribution in [0.25, 0.3) is 6.08 Å². The fourth-order valence-corrected chi connectivity index (χ4v) is 5.00. The number of ether oxygens (including phenoxy) is 2. The minimum atomic E-state index is -0.198. The van der Waals surface area contributed by atoms with E-state index in [1.807, 2.05) is 42.5 Å². The van der Waals surface area contributed by atoms with Crippen LogP contribution in [-0.2, 0) is 11.2 Å². The third-order valence-corrected chi connectivity index (χ3v) is 7.08. The summed E-state index contributed by atoms with van der Waals surface area (Å²) in [4.78, 5) is 28.8. The Bertz CT molecular complexity index is 1310. The lowest BCUT2D eigenvalue weighted by Crippen LogP contribution is -2.31. The van der Waals surface area contributed by atoms with Gasteiger partial charge in [0.15, 0.2) is 11.5 Å². The monoisotopic (exact) mass is 508 g/mol. The van der Waals surface area contributed by atoms with Gasteiger partial charge < -0.3 is 19.7 Å². The van der Waals surface area contributed by atoms with Gasteiger partial charge in [0.1, 0.15) is 0 Å². The molecule has 0 saturated carbocycles. The third-order valence-electron chi connectivity index (χ3n) is 5.66. The Morgan fingerprint density at radius 2 is 1.83 bits per heavy atom. The van der Waals surface area contributed by atoms with Gasteiger partial charge >= 0.3 is 0 Å². The van der Waals surface area contributed by atoms with Crippen LogP contribution in [0.4, 0.5) is 5.69 Å². The maximum absolute atomic E-state index is 13.0. The van der Waals surface area contributed by atoms with Crippen molar-refractivity contribution in [1.82, 2.24) is 5.32 Å². The number of amides is 2. The molecule has 1 heterocycles. The molecule has 35 heavy (non-hydrogen) atoms. The van der Waals surface area contributed by atoms with E-state index >= 15 is 0 Å². The normalized spacial score (nSPS) is 14.0. The van der Waals surface area contributed by atoms with Crippen LogP contribution >= 0.6 is 23.4 Å². The largest absolute Gasteiger partial charge is 0.493 e. The van der Waals surface area contributed by atoms with E-state index in [4.69, 9.17) is 21.1 Å². The lowest BCUT2D eigenvalue weighted by Gasteiger charge is -2.27. The van der Waals surface area contributed by atoms with E-state index in [2.05, 4.69) is 5.32 Å². The molecule has 3 aromatic rings. The summed E-state index contributed by atoms with van der Waals surface area (Å²) in [6.45, 7) is 0.458. The smallest absolute Gasteiger partial charge is 0.264 e. The highest BCUT2D eigenvalue weighted by Crippen LogP contribution is 2.42. The molecule has 8 heteroatoms. The number of carbonyl (C=O) groups is 2. The van der Waals surface area contributed by atoms with Crippen molar-refractivity contribution in [3.8, 4) is 11.5 Å². The number of anilines is 1. The fourth-order valence-electron chi connectivity index (χ4n) is 3.73. The second-order valence-electron chi connectivity index (χ2n) is 7.87. The number of thioether (sulfide) groups is 1. The summed E-state index contributed by atoms with van der Waals surface area (Å²) >= 11 is 7.63. The first kappa shape index (κ1) is 24.7. The lowest BCUT2D eigenvalue weighted by atomic mass is 10.1. The molecule has 2 amide bonds. The molecule has 0 fully saturated rings. The van der Waals surface area contributed by atoms with Crippen LogP contribution in [0.15, 0.2) is 70.5 Å². The SMILES string of the molecule is COc1ccc(CCNC(=O)c2ccc3c(c2)N(C)C(=O)C(=Cc2ccccc2Cl)S3)cc1OC. The van der Waals surface area contributed by atoms with Crippen molar-refractivity contribution in [1.29, 1.82) is 0 Å². The van der Waals surface area contributed by atoms with Crippen LogP contribution in [0.3, 0.4) is 0 Å². The van der Waals surface area contributed by atoms with Gasteiger partial charge in [-0.25, -0.2) is 0 Å². The Kier molecular flexibility index (Phi) is 7.68. The number of fused-ring (bicyclic) bond motifs is 1. The molecule has 0 bridgehead atoms. The van der Waals surface area contributed by atoms with Crippen LogP contribution < -0.4 is 19.7 Å². The van der Waals surface area contributed by atoms with Gasteiger partial charge in [-0.15, -0.1) is 0 Å². The molecule has 0 unspecified atom stereocenters.